The van der Waals surface area contributed by atoms with Gasteiger partial charge >= 0.3 is 0 Å². The quantitative estimate of drug-likeness (QED) is 0.574. The minimum atomic E-state index is -0.782. The van der Waals surface area contributed by atoms with Gasteiger partial charge in [0.15, 0.2) is 0 Å². The molecule has 2 aliphatic heterocycles. The molecule has 1 spiro atoms. The van der Waals surface area contributed by atoms with E-state index in [0.29, 0.717) is 38.2 Å². The molecule has 3 aromatic rings. The molecule has 7 nitrogen and oxygen atoms in total. The molecule has 2 heterocycles. The van der Waals surface area contributed by atoms with Gasteiger partial charge in [-0.15, -0.1) is 0 Å². The first-order valence-corrected chi connectivity index (χ1v) is 12.7. The van der Waals surface area contributed by atoms with Gasteiger partial charge in [0.1, 0.15) is 12.1 Å². The van der Waals surface area contributed by atoms with Gasteiger partial charge in [0.2, 0.25) is 5.91 Å². The molecule has 0 saturated carbocycles. The zero-order chi connectivity index (χ0) is 26.0. The molecule has 3 amide bonds. The first kappa shape index (κ1) is 24.6. The summed E-state index contributed by atoms with van der Waals surface area (Å²) in [4.78, 5) is 45.5. The van der Waals surface area contributed by atoms with E-state index in [1.165, 1.54) is 0 Å². The lowest BCUT2D eigenvalue weighted by molar-refractivity contribution is -0.136. The molecule has 1 N–H and O–H groups in total. The highest BCUT2D eigenvalue weighted by atomic mass is 16.2. The van der Waals surface area contributed by atoms with E-state index in [2.05, 4.69) is 10.2 Å². The molecule has 0 atom stereocenters. The van der Waals surface area contributed by atoms with Crippen molar-refractivity contribution in [2.24, 2.45) is 0 Å². The van der Waals surface area contributed by atoms with Gasteiger partial charge in [0, 0.05) is 30.0 Å². The van der Waals surface area contributed by atoms with Crippen LogP contribution in [0.25, 0.3) is 0 Å². The molecule has 2 aliphatic rings. The Morgan fingerprint density at radius 1 is 0.865 bits per heavy atom. The number of piperidine rings is 1. The smallest absolute Gasteiger partial charge is 0.253 e. The van der Waals surface area contributed by atoms with E-state index in [1.807, 2.05) is 97.6 Å². The second-order valence-electron chi connectivity index (χ2n) is 9.95. The van der Waals surface area contributed by atoms with Crippen LogP contribution in [0.4, 0.5) is 11.4 Å². The first-order chi connectivity index (χ1) is 17.9. The topological polar surface area (TPSA) is 73.0 Å². The van der Waals surface area contributed by atoms with E-state index in [9.17, 15) is 14.4 Å². The molecule has 190 valence electrons. The van der Waals surface area contributed by atoms with Crippen LogP contribution in [0, 0.1) is 13.8 Å². The minimum Gasteiger partial charge on any atom is -0.339 e. The van der Waals surface area contributed by atoms with E-state index in [-0.39, 0.29) is 24.3 Å². The van der Waals surface area contributed by atoms with Crippen LogP contribution in [0.1, 0.15) is 34.3 Å². The Bertz CT molecular complexity index is 1300. The number of amides is 3. The van der Waals surface area contributed by atoms with Crippen LogP contribution in [-0.2, 0) is 9.59 Å². The third kappa shape index (κ3) is 4.81. The lowest BCUT2D eigenvalue weighted by Crippen LogP contribution is -2.57. The fraction of sp³-hybridized carbons (Fsp3) is 0.300. The average Bonchev–Trinajstić information content (AvgIpc) is 3.18. The molecule has 37 heavy (non-hydrogen) atoms. The number of nitrogens with one attached hydrogen (secondary N) is 1. The largest absolute Gasteiger partial charge is 0.339 e. The summed E-state index contributed by atoms with van der Waals surface area (Å²) in [5, 5.41) is 2.94. The Morgan fingerprint density at radius 3 is 2.16 bits per heavy atom. The number of anilines is 2. The summed E-state index contributed by atoms with van der Waals surface area (Å²) in [6.07, 6.45) is 1.02. The van der Waals surface area contributed by atoms with Crippen LogP contribution in [0.15, 0.2) is 78.9 Å². The summed E-state index contributed by atoms with van der Waals surface area (Å²) in [7, 11) is 0. The zero-order valence-electron chi connectivity index (χ0n) is 21.3. The number of carbonyl (C=O) groups is 3. The summed E-state index contributed by atoms with van der Waals surface area (Å²) in [6, 6.07) is 24.9. The fourth-order valence-corrected chi connectivity index (χ4v) is 5.36. The predicted octanol–water partition coefficient (Wildman–Crippen LogP) is 4.22. The number of nitrogens with zero attached hydrogens (tertiary/aromatic N) is 3. The van der Waals surface area contributed by atoms with Gasteiger partial charge in [0.25, 0.3) is 11.8 Å². The molecule has 0 aromatic heterocycles. The number of para-hydroxylation sites is 1. The fourth-order valence-electron chi connectivity index (χ4n) is 5.36. The lowest BCUT2D eigenvalue weighted by Gasteiger charge is -2.43. The van der Waals surface area contributed by atoms with Gasteiger partial charge in [-0.25, -0.2) is 0 Å². The molecule has 0 aliphatic carbocycles. The molecule has 2 fully saturated rings. The maximum Gasteiger partial charge on any atom is 0.253 e. The van der Waals surface area contributed by atoms with E-state index in [1.54, 1.807) is 4.90 Å². The van der Waals surface area contributed by atoms with Crippen molar-refractivity contribution in [3.05, 3.63) is 95.6 Å². The number of rotatable bonds is 5. The number of carbonyl (C=O) groups excluding carboxylic acids is 3. The first-order valence-electron chi connectivity index (χ1n) is 12.7. The van der Waals surface area contributed by atoms with Gasteiger partial charge in [-0.3, -0.25) is 14.4 Å². The molecule has 2 saturated heterocycles. The number of hydrogen-bond acceptors (Lipinski definition) is 4. The summed E-state index contributed by atoms with van der Waals surface area (Å²) >= 11 is 0. The summed E-state index contributed by atoms with van der Waals surface area (Å²) in [5.74, 6) is -0.298. The highest BCUT2D eigenvalue weighted by molar-refractivity contribution is 6.00. The number of aryl methyl sites for hydroxylation is 2. The number of likely N-dealkylation sites (tertiary alicyclic amines) is 1. The number of hydrogen-bond donors (Lipinski definition) is 1. The Balaban J connectivity index is 1.33. The number of benzene rings is 3. The molecule has 0 bridgehead atoms. The van der Waals surface area contributed by atoms with E-state index < -0.39 is 5.54 Å². The van der Waals surface area contributed by atoms with Gasteiger partial charge in [0.05, 0.1) is 6.67 Å². The van der Waals surface area contributed by atoms with Crippen LogP contribution < -0.4 is 10.2 Å². The van der Waals surface area contributed by atoms with Gasteiger partial charge < -0.3 is 20.0 Å². The second-order valence-corrected chi connectivity index (χ2v) is 9.95. The lowest BCUT2D eigenvalue weighted by atomic mass is 9.85. The highest BCUT2D eigenvalue weighted by Gasteiger charge is 2.54. The minimum absolute atomic E-state index is 0.0169. The van der Waals surface area contributed by atoms with Crippen LogP contribution in [-0.4, -0.2) is 59.4 Å². The van der Waals surface area contributed by atoms with Crippen molar-refractivity contribution in [1.82, 2.24) is 9.80 Å². The SMILES string of the molecule is Cc1ccc(NC(=O)CN2CN(c3ccccc3)C3(CCN(C(=O)c4ccccc4)CC3)C2=O)cc1C. The van der Waals surface area contributed by atoms with Gasteiger partial charge in [-0.1, -0.05) is 42.5 Å². The highest BCUT2D eigenvalue weighted by Crippen LogP contribution is 2.39. The van der Waals surface area contributed by atoms with Crippen molar-refractivity contribution >= 4 is 29.1 Å². The standard InChI is InChI=1S/C30H32N4O3/c1-22-13-14-25(19-23(22)2)31-27(35)20-33-21-34(26-11-7-4-8-12-26)30(29(33)37)15-17-32(18-16-30)28(36)24-9-5-3-6-10-24/h3-14,19H,15-18,20-21H2,1-2H3,(H,31,35). The molecule has 0 radical (unpaired) electrons. The molecule has 3 aromatic carbocycles. The predicted molar refractivity (Wildman–Crippen MR) is 144 cm³/mol. The summed E-state index contributed by atoms with van der Waals surface area (Å²) in [5.41, 5.74) is 3.79. The molecule has 7 heteroatoms. The molecule has 0 unspecified atom stereocenters. The van der Waals surface area contributed by atoms with E-state index >= 15 is 0 Å². The van der Waals surface area contributed by atoms with Crippen LogP contribution in [0.2, 0.25) is 0 Å². The maximum absolute atomic E-state index is 13.9. The van der Waals surface area contributed by atoms with Crippen LogP contribution >= 0.6 is 0 Å². The molecular formula is C30H32N4O3. The summed E-state index contributed by atoms with van der Waals surface area (Å²) < 4.78 is 0. The summed E-state index contributed by atoms with van der Waals surface area (Å²) in [6.45, 7) is 5.29. The van der Waals surface area contributed by atoms with Crippen molar-refractivity contribution in [2.45, 2.75) is 32.2 Å². The Morgan fingerprint density at radius 2 is 1.51 bits per heavy atom. The Hall–Kier alpha value is -4.13. The normalized spacial score (nSPS) is 16.8. The van der Waals surface area contributed by atoms with Crippen molar-refractivity contribution in [3.8, 4) is 0 Å². The van der Waals surface area contributed by atoms with Crippen molar-refractivity contribution in [2.75, 3.05) is 36.5 Å². The van der Waals surface area contributed by atoms with Crippen molar-refractivity contribution in [1.29, 1.82) is 0 Å². The van der Waals surface area contributed by atoms with Crippen LogP contribution in [0.5, 0.6) is 0 Å². The third-order valence-electron chi connectivity index (χ3n) is 7.61. The molecular weight excluding hydrogens is 464 g/mol. The maximum atomic E-state index is 13.9. The van der Waals surface area contributed by atoms with E-state index in [4.69, 9.17) is 0 Å². The zero-order valence-corrected chi connectivity index (χ0v) is 21.3. The Labute approximate surface area is 217 Å². The molecule has 5 rings (SSSR count). The van der Waals surface area contributed by atoms with Crippen molar-refractivity contribution < 1.29 is 14.4 Å². The average molecular weight is 497 g/mol. The Kier molecular flexibility index (Phi) is 6.70. The monoisotopic (exact) mass is 496 g/mol. The van der Waals surface area contributed by atoms with E-state index in [0.717, 1.165) is 22.5 Å². The van der Waals surface area contributed by atoms with Crippen molar-refractivity contribution in [3.63, 3.8) is 0 Å². The van der Waals surface area contributed by atoms with Gasteiger partial charge in [-0.05, 0) is 74.2 Å². The third-order valence-corrected chi connectivity index (χ3v) is 7.61. The second kappa shape index (κ2) is 10.1. The van der Waals surface area contributed by atoms with Gasteiger partial charge in [-0.2, -0.15) is 0 Å². The van der Waals surface area contributed by atoms with Crippen LogP contribution in [0.3, 0.4) is 0 Å².